The summed E-state index contributed by atoms with van der Waals surface area (Å²) in [7, 11) is 0. The minimum Gasteiger partial charge on any atom is -0.444 e. The molecule has 1 N–H and O–H groups in total. The average Bonchev–Trinajstić information content (AvgIpc) is 3.06. The number of urea groups is 1. The molecule has 4 rings (SSSR count). The molecule has 7 nitrogen and oxygen atoms in total. The van der Waals surface area contributed by atoms with Gasteiger partial charge in [0.25, 0.3) is 0 Å². The predicted octanol–water partition coefficient (Wildman–Crippen LogP) is 3.45. The highest BCUT2D eigenvalue weighted by molar-refractivity contribution is 6.19. The molecular weight excluding hydrogens is 368 g/mol. The molecule has 1 unspecified atom stereocenters. The van der Waals surface area contributed by atoms with Crippen LogP contribution in [0.25, 0.3) is 0 Å². The van der Waals surface area contributed by atoms with Crippen LogP contribution in [0.4, 0.5) is 15.3 Å². The smallest absolute Gasteiger partial charge is 0.410 e. The van der Waals surface area contributed by atoms with Gasteiger partial charge in [0.1, 0.15) is 5.60 Å². The third kappa shape index (κ3) is 4.18. The largest absolute Gasteiger partial charge is 0.444 e. The Morgan fingerprint density at radius 3 is 2.62 bits per heavy atom. The molecule has 0 bridgehead atoms. The number of hydrogen-bond donors (Lipinski definition) is 1. The van der Waals surface area contributed by atoms with Gasteiger partial charge in [-0.15, -0.1) is 0 Å². The van der Waals surface area contributed by atoms with E-state index in [1.54, 1.807) is 4.90 Å². The van der Waals surface area contributed by atoms with Gasteiger partial charge in [-0.25, -0.2) is 9.59 Å². The van der Waals surface area contributed by atoms with Crippen LogP contribution in [-0.2, 0) is 4.74 Å². The van der Waals surface area contributed by atoms with Gasteiger partial charge in [-0.05, 0) is 44.6 Å². The van der Waals surface area contributed by atoms with E-state index in [1.807, 2.05) is 45.1 Å². The molecule has 2 aliphatic heterocycles. The molecule has 0 spiro atoms. The van der Waals surface area contributed by atoms with Gasteiger partial charge in [0, 0.05) is 37.8 Å². The van der Waals surface area contributed by atoms with Crippen LogP contribution < -0.4 is 10.2 Å². The number of carbonyl (C=O) groups is 2. The van der Waals surface area contributed by atoms with Gasteiger partial charge < -0.3 is 19.9 Å². The number of nitrogens with zero attached hydrogens (tertiary/aromatic N) is 3. The zero-order chi connectivity index (χ0) is 20.6. The Labute approximate surface area is 170 Å². The molecule has 3 aliphatic rings. The fourth-order valence-corrected chi connectivity index (χ4v) is 3.77. The molecule has 29 heavy (non-hydrogen) atoms. The number of ether oxygens (including phenoxy) is 1. The van der Waals surface area contributed by atoms with Crippen molar-refractivity contribution in [2.75, 3.05) is 31.1 Å². The molecule has 1 aliphatic carbocycles. The second kappa shape index (κ2) is 7.39. The summed E-state index contributed by atoms with van der Waals surface area (Å²) in [4.78, 5) is 31.9. The number of carbonyl (C=O) groups excluding carboxylic acids is 2. The summed E-state index contributed by atoms with van der Waals surface area (Å²) in [6.07, 6.45) is 5.75. The van der Waals surface area contributed by atoms with E-state index < -0.39 is 5.60 Å². The Balaban J connectivity index is 1.48. The number of allylic oxidation sites excluding steroid dienone is 3. The van der Waals surface area contributed by atoms with E-state index in [1.165, 1.54) is 5.56 Å². The Morgan fingerprint density at radius 1 is 1.17 bits per heavy atom. The van der Waals surface area contributed by atoms with Gasteiger partial charge in [0.15, 0.2) is 0 Å². The lowest BCUT2D eigenvalue weighted by atomic mass is 9.91. The van der Waals surface area contributed by atoms with Crippen LogP contribution in [0.5, 0.6) is 0 Å². The van der Waals surface area contributed by atoms with Crippen LogP contribution in [0.3, 0.4) is 0 Å². The van der Waals surface area contributed by atoms with E-state index in [2.05, 4.69) is 33.4 Å². The number of amides is 3. The van der Waals surface area contributed by atoms with Crippen molar-refractivity contribution in [2.24, 2.45) is 4.99 Å². The number of piperazine rings is 1. The molecule has 7 heteroatoms. The number of rotatable bonds is 2. The Kier molecular flexibility index (Phi) is 4.90. The minimum absolute atomic E-state index is 0.0578. The fraction of sp³-hybridized carbons (Fsp3) is 0.409. The van der Waals surface area contributed by atoms with Gasteiger partial charge in [0.2, 0.25) is 0 Å². The second-order valence-electron chi connectivity index (χ2n) is 8.41. The molecule has 1 aromatic rings. The molecule has 1 saturated heterocycles. The topological polar surface area (TPSA) is 74.2 Å². The first kappa shape index (κ1) is 19.2. The maximum absolute atomic E-state index is 12.3. The summed E-state index contributed by atoms with van der Waals surface area (Å²) < 4.78 is 5.49. The normalized spacial score (nSPS) is 21.3. The number of benzene rings is 1. The van der Waals surface area contributed by atoms with Crippen LogP contribution in [0.2, 0.25) is 0 Å². The first-order valence-electron chi connectivity index (χ1n) is 9.92. The summed E-state index contributed by atoms with van der Waals surface area (Å²) in [5, 5.41) is 2.79. The van der Waals surface area contributed by atoms with Crippen LogP contribution in [0, 0.1) is 0 Å². The van der Waals surface area contributed by atoms with Crippen molar-refractivity contribution >= 4 is 23.5 Å². The third-order valence-corrected chi connectivity index (χ3v) is 5.12. The fourth-order valence-electron chi connectivity index (χ4n) is 3.77. The molecular formula is C22H26N4O3. The molecule has 1 fully saturated rings. The van der Waals surface area contributed by atoms with Gasteiger partial charge in [-0.3, -0.25) is 0 Å². The molecule has 152 valence electrons. The molecule has 1 aromatic carbocycles. The second-order valence-corrected chi connectivity index (χ2v) is 8.41. The highest BCUT2D eigenvalue weighted by Gasteiger charge is 2.28. The van der Waals surface area contributed by atoms with Gasteiger partial charge in [-0.1, -0.05) is 24.3 Å². The van der Waals surface area contributed by atoms with E-state index in [4.69, 9.17) is 4.74 Å². The number of hydrogen-bond acceptors (Lipinski definition) is 4. The van der Waals surface area contributed by atoms with Crippen molar-refractivity contribution in [2.45, 2.75) is 32.3 Å². The summed E-state index contributed by atoms with van der Waals surface area (Å²) in [5.74, 6) is 0.0578. The molecule has 3 amide bonds. The van der Waals surface area contributed by atoms with Crippen LogP contribution >= 0.6 is 0 Å². The number of aliphatic imine (C=N–C) groups is 1. The van der Waals surface area contributed by atoms with Crippen LogP contribution in [0.15, 0.2) is 53.2 Å². The third-order valence-electron chi connectivity index (χ3n) is 5.12. The summed E-state index contributed by atoms with van der Waals surface area (Å²) >= 11 is 0. The van der Waals surface area contributed by atoms with Crippen molar-refractivity contribution in [3.63, 3.8) is 0 Å². The summed E-state index contributed by atoms with van der Waals surface area (Å²) in [6.45, 7) is 8.38. The van der Waals surface area contributed by atoms with Crippen molar-refractivity contribution in [3.8, 4) is 0 Å². The molecule has 2 heterocycles. The zero-order valence-electron chi connectivity index (χ0n) is 17.0. The lowest BCUT2D eigenvalue weighted by Crippen LogP contribution is -2.50. The standard InChI is InChI=1S/C22H26N4O3/c1-22(2,3)29-21(28)26-12-10-25(11-13-26)19-7-5-4-6-16(19)15-8-9-17-18(14-15)24-20(27)23-17/h4-9,14-15H,10-13H2,1-3H3,(H,24,27). The maximum Gasteiger partial charge on any atom is 0.410 e. The predicted molar refractivity (Wildman–Crippen MR) is 112 cm³/mol. The van der Waals surface area contributed by atoms with Crippen molar-refractivity contribution < 1.29 is 14.3 Å². The zero-order valence-corrected chi connectivity index (χ0v) is 17.0. The lowest BCUT2D eigenvalue weighted by molar-refractivity contribution is 0.0240. The molecule has 0 radical (unpaired) electrons. The minimum atomic E-state index is -0.487. The average molecular weight is 394 g/mol. The number of para-hydroxylation sites is 1. The Bertz CT molecular complexity index is 918. The van der Waals surface area contributed by atoms with E-state index >= 15 is 0 Å². The first-order chi connectivity index (χ1) is 13.8. The van der Waals surface area contributed by atoms with Crippen LogP contribution in [0.1, 0.15) is 32.3 Å². The highest BCUT2D eigenvalue weighted by Crippen LogP contribution is 2.33. The SMILES string of the molecule is CC(C)(C)OC(=O)N1CCN(c2ccccc2C2C=CC3=NC(=O)NC3=C2)CC1. The summed E-state index contributed by atoms with van der Waals surface area (Å²) in [6, 6.07) is 7.97. The van der Waals surface area contributed by atoms with Crippen LogP contribution in [-0.4, -0.2) is 54.5 Å². The maximum atomic E-state index is 12.3. The van der Waals surface area contributed by atoms with E-state index in [0.29, 0.717) is 18.8 Å². The first-order valence-corrected chi connectivity index (χ1v) is 9.92. The van der Waals surface area contributed by atoms with Crippen molar-refractivity contribution in [1.29, 1.82) is 0 Å². The molecule has 0 saturated carbocycles. The molecule has 1 atom stereocenters. The van der Waals surface area contributed by atoms with Crippen molar-refractivity contribution in [3.05, 3.63) is 53.8 Å². The number of nitrogens with one attached hydrogen (secondary N) is 1. The molecule has 0 aromatic heterocycles. The summed E-state index contributed by atoms with van der Waals surface area (Å²) in [5.41, 5.74) is 3.29. The Hall–Kier alpha value is -3.09. The van der Waals surface area contributed by atoms with E-state index in [-0.39, 0.29) is 18.0 Å². The van der Waals surface area contributed by atoms with Gasteiger partial charge in [0.05, 0.1) is 11.4 Å². The monoisotopic (exact) mass is 394 g/mol. The quantitative estimate of drug-likeness (QED) is 0.834. The van der Waals surface area contributed by atoms with E-state index in [0.717, 1.165) is 24.5 Å². The number of anilines is 1. The van der Waals surface area contributed by atoms with Gasteiger partial charge in [-0.2, -0.15) is 4.99 Å². The Morgan fingerprint density at radius 2 is 1.90 bits per heavy atom. The van der Waals surface area contributed by atoms with Crippen molar-refractivity contribution in [1.82, 2.24) is 10.2 Å². The van der Waals surface area contributed by atoms with E-state index in [9.17, 15) is 9.59 Å². The number of fused-ring (bicyclic) bond motifs is 1. The highest BCUT2D eigenvalue weighted by atomic mass is 16.6. The lowest BCUT2D eigenvalue weighted by Gasteiger charge is -2.38. The van der Waals surface area contributed by atoms with Gasteiger partial charge >= 0.3 is 12.1 Å².